The lowest BCUT2D eigenvalue weighted by Crippen LogP contribution is -2.41. The first-order chi connectivity index (χ1) is 6.97. The van der Waals surface area contributed by atoms with Crippen LogP contribution in [-0.2, 0) is 23.9 Å². The molecule has 1 atom stereocenters. The van der Waals surface area contributed by atoms with Crippen LogP contribution < -0.4 is 5.32 Å². The van der Waals surface area contributed by atoms with Crippen LogP contribution in [0.5, 0.6) is 0 Å². The van der Waals surface area contributed by atoms with E-state index in [-0.39, 0.29) is 0 Å². The average molecular weight is 219 g/mol. The summed E-state index contributed by atoms with van der Waals surface area (Å²) in [6.07, 6.45) is 0. The molecule has 0 aliphatic carbocycles. The Labute approximate surface area is 86.3 Å². The number of ether oxygens (including phenoxy) is 2. The molecule has 0 aliphatic heterocycles. The van der Waals surface area contributed by atoms with Gasteiger partial charge in [-0.3, -0.25) is 4.79 Å². The zero-order chi connectivity index (χ0) is 11.8. The standard InChI is InChI=1S/C8H13NO6/c1-5(8(13)14-2)9-6(10)3-15-4-7(11)12/h5H,3-4H2,1-2H3,(H,9,10)(H,11,12). The smallest absolute Gasteiger partial charge is 0.329 e. The maximum Gasteiger partial charge on any atom is 0.329 e. The summed E-state index contributed by atoms with van der Waals surface area (Å²) in [6.45, 7) is 0.481. The number of esters is 1. The summed E-state index contributed by atoms with van der Waals surface area (Å²) in [5, 5.41) is 10.5. The molecular weight excluding hydrogens is 206 g/mol. The van der Waals surface area contributed by atoms with Crippen LogP contribution in [0.4, 0.5) is 0 Å². The minimum Gasteiger partial charge on any atom is -0.480 e. The Hall–Kier alpha value is -1.63. The molecule has 15 heavy (non-hydrogen) atoms. The first kappa shape index (κ1) is 13.4. The lowest BCUT2D eigenvalue weighted by Gasteiger charge is -2.10. The van der Waals surface area contributed by atoms with E-state index >= 15 is 0 Å². The van der Waals surface area contributed by atoms with Crippen molar-refractivity contribution in [3.8, 4) is 0 Å². The highest BCUT2D eigenvalue weighted by molar-refractivity contribution is 5.84. The van der Waals surface area contributed by atoms with Crippen molar-refractivity contribution in [3.63, 3.8) is 0 Å². The van der Waals surface area contributed by atoms with Gasteiger partial charge < -0.3 is 19.9 Å². The van der Waals surface area contributed by atoms with Crippen molar-refractivity contribution in [3.05, 3.63) is 0 Å². The number of nitrogens with one attached hydrogen (secondary N) is 1. The SMILES string of the molecule is COC(=O)C(C)NC(=O)COCC(=O)O. The van der Waals surface area contributed by atoms with Gasteiger partial charge in [0.05, 0.1) is 7.11 Å². The van der Waals surface area contributed by atoms with Crippen molar-refractivity contribution in [1.82, 2.24) is 5.32 Å². The number of aliphatic carboxylic acids is 1. The van der Waals surface area contributed by atoms with Gasteiger partial charge in [0.25, 0.3) is 0 Å². The minimum atomic E-state index is -1.16. The first-order valence-corrected chi connectivity index (χ1v) is 4.14. The molecule has 0 aromatic heterocycles. The Bertz CT molecular complexity index is 252. The molecule has 0 radical (unpaired) electrons. The maximum atomic E-state index is 11.0. The quantitative estimate of drug-likeness (QED) is 0.542. The third-order valence-corrected chi connectivity index (χ3v) is 1.39. The highest BCUT2D eigenvalue weighted by Crippen LogP contribution is 1.86. The lowest BCUT2D eigenvalue weighted by molar-refractivity contribution is -0.147. The van der Waals surface area contributed by atoms with Crippen LogP contribution in [0.3, 0.4) is 0 Å². The van der Waals surface area contributed by atoms with Crippen molar-refractivity contribution < 1.29 is 29.0 Å². The molecule has 7 heteroatoms. The fourth-order valence-electron chi connectivity index (χ4n) is 0.750. The van der Waals surface area contributed by atoms with Crippen LogP contribution >= 0.6 is 0 Å². The second-order valence-electron chi connectivity index (χ2n) is 2.70. The molecule has 7 nitrogen and oxygen atoms in total. The fourth-order valence-corrected chi connectivity index (χ4v) is 0.750. The molecule has 0 aromatic carbocycles. The highest BCUT2D eigenvalue weighted by atomic mass is 16.5. The third kappa shape index (κ3) is 6.44. The van der Waals surface area contributed by atoms with E-state index in [0.717, 1.165) is 0 Å². The number of carboxylic acid groups (broad SMARTS) is 1. The van der Waals surface area contributed by atoms with Gasteiger partial charge in [0.1, 0.15) is 19.3 Å². The summed E-state index contributed by atoms with van der Waals surface area (Å²) in [6, 6.07) is -0.782. The number of hydrogen-bond acceptors (Lipinski definition) is 5. The van der Waals surface area contributed by atoms with Crippen LogP contribution in [0.15, 0.2) is 0 Å². The van der Waals surface area contributed by atoms with Gasteiger partial charge in [-0.15, -0.1) is 0 Å². The zero-order valence-electron chi connectivity index (χ0n) is 8.48. The Balaban J connectivity index is 3.74. The van der Waals surface area contributed by atoms with E-state index in [9.17, 15) is 14.4 Å². The molecule has 1 unspecified atom stereocenters. The Kier molecular flexibility index (Phi) is 6.03. The summed E-state index contributed by atoms with van der Waals surface area (Å²) >= 11 is 0. The number of carboxylic acids is 1. The summed E-state index contributed by atoms with van der Waals surface area (Å²) in [7, 11) is 1.20. The van der Waals surface area contributed by atoms with E-state index in [2.05, 4.69) is 14.8 Å². The summed E-state index contributed by atoms with van der Waals surface area (Å²) in [4.78, 5) is 31.9. The monoisotopic (exact) mass is 219 g/mol. The van der Waals surface area contributed by atoms with Crippen LogP contribution in [-0.4, -0.2) is 49.3 Å². The Morgan fingerprint density at radius 1 is 1.33 bits per heavy atom. The molecule has 0 heterocycles. The number of carbonyl (C=O) groups is 3. The summed E-state index contributed by atoms with van der Waals surface area (Å²) in [5.41, 5.74) is 0. The first-order valence-electron chi connectivity index (χ1n) is 4.14. The van der Waals surface area contributed by atoms with Gasteiger partial charge in [0.2, 0.25) is 5.91 Å². The molecule has 0 bridgehead atoms. The molecule has 0 fully saturated rings. The molecule has 0 aromatic rings. The molecule has 2 N–H and O–H groups in total. The van der Waals surface area contributed by atoms with E-state index in [4.69, 9.17) is 5.11 Å². The number of methoxy groups -OCH3 is 1. The molecule has 86 valence electrons. The molecular formula is C8H13NO6. The van der Waals surface area contributed by atoms with Crippen molar-refractivity contribution in [2.45, 2.75) is 13.0 Å². The van der Waals surface area contributed by atoms with Crippen LogP contribution in [0.25, 0.3) is 0 Å². The van der Waals surface area contributed by atoms with E-state index in [1.165, 1.54) is 14.0 Å². The van der Waals surface area contributed by atoms with Gasteiger partial charge in [-0.1, -0.05) is 0 Å². The zero-order valence-corrected chi connectivity index (χ0v) is 8.48. The highest BCUT2D eigenvalue weighted by Gasteiger charge is 2.15. The molecule has 0 rings (SSSR count). The van der Waals surface area contributed by atoms with E-state index in [1.807, 2.05) is 0 Å². The fraction of sp³-hybridized carbons (Fsp3) is 0.625. The number of amides is 1. The summed E-state index contributed by atoms with van der Waals surface area (Å²) in [5.74, 6) is -2.32. The topological polar surface area (TPSA) is 102 Å². The second kappa shape index (κ2) is 6.77. The van der Waals surface area contributed by atoms with Crippen molar-refractivity contribution in [2.75, 3.05) is 20.3 Å². The Morgan fingerprint density at radius 2 is 1.93 bits per heavy atom. The van der Waals surface area contributed by atoms with Crippen molar-refractivity contribution in [2.24, 2.45) is 0 Å². The molecule has 0 saturated carbocycles. The Morgan fingerprint density at radius 3 is 2.40 bits per heavy atom. The van der Waals surface area contributed by atoms with E-state index in [0.29, 0.717) is 0 Å². The van der Waals surface area contributed by atoms with Gasteiger partial charge in [-0.05, 0) is 6.92 Å². The normalized spacial score (nSPS) is 11.6. The third-order valence-electron chi connectivity index (χ3n) is 1.39. The number of carbonyl (C=O) groups excluding carboxylic acids is 2. The molecule has 0 spiro atoms. The molecule has 0 saturated heterocycles. The van der Waals surface area contributed by atoms with Gasteiger partial charge in [0.15, 0.2) is 0 Å². The lowest BCUT2D eigenvalue weighted by atomic mass is 10.3. The predicted octanol–water partition coefficient (Wildman–Crippen LogP) is -1.23. The van der Waals surface area contributed by atoms with Gasteiger partial charge in [-0.2, -0.15) is 0 Å². The largest absolute Gasteiger partial charge is 0.480 e. The minimum absolute atomic E-state index is 0.409. The van der Waals surface area contributed by atoms with Crippen LogP contribution in [0, 0.1) is 0 Å². The molecule has 0 aliphatic rings. The van der Waals surface area contributed by atoms with Gasteiger partial charge in [0, 0.05) is 0 Å². The van der Waals surface area contributed by atoms with Gasteiger partial charge in [-0.25, -0.2) is 9.59 Å². The van der Waals surface area contributed by atoms with Crippen LogP contribution in [0.2, 0.25) is 0 Å². The van der Waals surface area contributed by atoms with Crippen LogP contribution in [0.1, 0.15) is 6.92 Å². The van der Waals surface area contributed by atoms with Gasteiger partial charge >= 0.3 is 11.9 Å². The maximum absolute atomic E-state index is 11.0. The van der Waals surface area contributed by atoms with E-state index in [1.54, 1.807) is 0 Å². The summed E-state index contributed by atoms with van der Waals surface area (Å²) < 4.78 is 8.87. The number of rotatable bonds is 6. The van der Waals surface area contributed by atoms with E-state index < -0.39 is 37.1 Å². The van der Waals surface area contributed by atoms with Crippen molar-refractivity contribution >= 4 is 17.8 Å². The second-order valence-corrected chi connectivity index (χ2v) is 2.70. The predicted molar refractivity (Wildman–Crippen MR) is 48.1 cm³/mol. The number of hydrogen-bond donors (Lipinski definition) is 2. The average Bonchev–Trinajstić information content (AvgIpc) is 2.15. The molecule has 1 amide bonds. The van der Waals surface area contributed by atoms with Crippen molar-refractivity contribution in [1.29, 1.82) is 0 Å².